The first kappa shape index (κ1) is 11.9. The molecule has 0 atom stereocenters. The van der Waals surface area contributed by atoms with E-state index in [1.165, 1.54) is 6.20 Å². The van der Waals surface area contributed by atoms with Gasteiger partial charge in [-0.05, 0) is 13.0 Å². The normalized spacial score (nSPS) is 11.1. The fourth-order valence-corrected chi connectivity index (χ4v) is 1.77. The zero-order valence-electron chi connectivity index (χ0n) is 8.31. The summed E-state index contributed by atoms with van der Waals surface area (Å²) >= 11 is 4.78. The quantitative estimate of drug-likeness (QED) is 0.753. The molecule has 0 amide bonds. The number of hydrogen-bond acceptors (Lipinski definition) is 4. The Labute approximate surface area is 93.8 Å². The van der Waals surface area contributed by atoms with Crippen molar-refractivity contribution < 1.29 is 8.42 Å². The van der Waals surface area contributed by atoms with Crippen LogP contribution in [0.1, 0.15) is 11.3 Å². The van der Waals surface area contributed by atoms with Crippen molar-refractivity contribution in [1.82, 2.24) is 4.98 Å². The fourth-order valence-electron chi connectivity index (χ4n) is 1.04. The lowest BCUT2D eigenvalue weighted by molar-refractivity contribution is 0.607. The third-order valence-corrected chi connectivity index (χ3v) is 2.41. The smallest absolute Gasteiger partial charge is 0.229 e. The molecule has 0 aromatic carbocycles. The summed E-state index contributed by atoms with van der Waals surface area (Å²) < 4.78 is 24.5. The number of nitrogens with one attached hydrogen (secondary N) is 1. The zero-order chi connectivity index (χ0) is 11.6. The van der Waals surface area contributed by atoms with Crippen molar-refractivity contribution in [2.75, 3.05) is 11.0 Å². The van der Waals surface area contributed by atoms with E-state index in [-0.39, 0.29) is 4.99 Å². The van der Waals surface area contributed by atoms with Gasteiger partial charge in [-0.3, -0.25) is 9.71 Å². The summed E-state index contributed by atoms with van der Waals surface area (Å²) in [6.07, 6.45) is 2.51. The third-order valence-electron chi connectivity index (χ3n) is 1.60. The van der Waals surface area contributed by atoms with Crippen molar-refractivity contribution in [3.63, 3.8) is 0 Å². The van der Waals surface area contributed by atoms with Gasteiger partial charge in [0.15, 0.2) is 0 Å². The van der Waals surface area contributed by atoms with Gasteiger partial charge in [0.2, 0.25) is 10.0 Å². The van der Waals surface area contributed by atoms with E-state index in [0.717, 1.165) is 6.26 Å². The number of nitrogens with zero attached hydrogens (tertiary/aromatic N) is 1. The highest BCUT2D eigenvalue weighted by Gasteiger charge is 2.10. The monoisotopic (exact) mass is 245 g/mol. The molecule has 15 heavy (non-hydrogen) atoms. The Morgan fingerprint density at radius 3 is 2.67 bits per heavy atom. The van der Waals surface area contributed by atoms with Crippen molar-refractivity contribution >= 4 is 32.9 Å². The molecule has 0 aliphatic heterocycles. The Bertz CT molecular complexity index is 497. The molecule has 1 heterocycles. The standard InChI is InChI=1S/C8H11N3O2S2/c1-5-3-7(11-15(2,12)13)6(4-10-5)8(9)14/h3-4H,1-2H3,(H2,9,14)(H,10,11). The first-order valence-electron chi connectivity index (χ1n) is 4.04. The number of anilines is 1. The minimum atomic E-state index is -3.34. The molecule has 0 aliphatic rings. The maximum absolute atomic E-state index is 11.1. The van der Waals surface area contributed by atoms with Crippen LogP contribution >= 0.6 is 12.2 Å². The molecule has 5 nitrogen and oxygen atoms in total. The van der Waals surface area contributed by atoms with Gasteiger partial charge in [0.1, 0.15) is 4.99 Å². The van der Waals surface area contributed by atoms with Gasteiger partial charge in [-0.2, -0.15) is 0 Å². The number of hydrogen-bond donors (Lipinski definition) is 2. The van der Waals surface area contributed by atoms with Gasteiger partial charge in [0.25, 0.3) is 0 Å². The minimum absolute atomic E-state index is 0.105. The average Bonchev–Trinajstić information content (AvgIpc) is 1.99. The second kappa shape index (κ2) is 4.11. The highest BCUT2D eigenvalue weighted by atomic mass is 32.2. The van der Waals surface area contributed by atoms with Crippen LogP contribution in [-0.4, -0.2) is 24.6 Å². The van der Waals surface area contributed by atoms with Crippen LogP contribution in [0.15, 0.2) is 12.3 Å². The summed E-state index contributed by atoms with van der Waals surface area (Å²) in [6.45, 7) is 1.75. The SMILES string of the molecule is Cc1cc(NS(C)(=O)=O)c(C(N)=S)cn1. The van der Waals surface area contributed by atoms with Gasteiger partial charge in [-0.1, -0.05) is 12.2 Å². The van der Waals surface area contributed by atoms with E-state index < -0.39 is 10.0 Å². The van der Waals surface area contributed by atoms with Crippen molar-refractivity contribution in [3.05, 3.63) is 23.5 Å². The van der Waals surface area contributed by atoms with Gasteiger partial charge in [0.05, 0.1) is 17.5 Å². The summed E-state index contributed by atoms with van der Waals surface area (Å²) in [4.78, 5) is 4.09. The van der Waals surface area contributed by atoms with E-state index >= 15 is 0 Å². The second-order valence-corrected chi connectivity index (χ2v) is 5.30. The molecule has 0 spiro atoms. The molecule has 0 aliphatic carbocycles. The lowest BCUT2D eigenvalue weighted by Gasteiger charge is -2.09. The number of rotatable bonds is 3. The summed E-state index contributed by atoms with van der Waals surface area (Å²) in [5, 5.41) is 0. The van der Waals surface area contributed by atoms with E-state index in [2.05, 4.69) is 9.71 Å². The summed E-state index contributed by atoms with van der Waals surface area (Å²) in [6, 6.07) is 1.58. The molecule has 0 radical (unpaired) electrons. The van der Waals surface area contributed by atoms with E-state index in [9.17, 15) is 8.42 Å². The van der Waals surface area contributed by atoms with Crippen molar-refractivity contribution in [1.29, 1.82) is 0 Å². The van der Waals surface area contributed by atoms with Crippen LogP contribution in [0.25, 0.3) is 0 Å². The van der Waals surface area contributed by atoms with Gasteiger partial charge in [-0.15, -0.1) is 0 Å². The van der Waals surface area contributed by atoms with Crippen LogP contribution < -0.4 is 10.5 Å². The molecule has 0 saturated carbocycles. The summed E-state index contributed by atoms with van der Waals surface area (Å²) in [7, 11) is -3.34. The van der Waals surface area contributed by atoms with Crippen LogP contribution in [0.5, 0.6) is 0 Å². The van der Waals surface area contributed by atoms with Crippen molar-refractivity contribution in [2.45, 2.75) is 6.92 Å². The Hall–Kier alpha value is -1.21. The topological polar surface area (TPSA) is 85.1 Å². The number of sulfonamides is 1. The molecule has 7 heteroatoms. The van der Waals surface area contributed by atoms with E-state index in [1.807, 2.05) is 0 Å². The molecule has 0 fully saturated rings. The van der Waals surface area contributed by atoms with E-state index in [4.69, 9.17) is 18.0 Å². The molecule has 0 unspecified atom stereocenters. The Morgan fingerprint density at radius 2 is 2.20 bits per heavy atom. The summed E-state index contributed by atoms with van der Waals surface area (Å²) in [5.41, 5.74) is 6.90. The predicted octanol–water partition coefficient (Wildman–Crippen LogP) is 0.396. The number of aromatic nitrogens is 1. The number of thiocarbonyl (C=S) groups is 1. The van der Waals surface area contributed by atoms with Gasteiger partial charge >= 0.3 is 0 Å². The minimum Gasteiger partial charge on any atom is -0.389 e. The first-order chi connectivity index (χ1) is 6.79. The van der Waals surface area contributed by atoms with Crippen LogP contribution in [0.2, 0.25) is 0 Å². The van der Waals surface area contributed by atoms with Gasteiger partial charge in [0, 0.05) is 11.9 Å². The first-order valence-corrected chi connectivity index (χ1v) is 6.34. The average molecular weight is 245 g/mol. The van der Waals surface area contributed by atoms with Crippen LogP contribution in [0, 0.1) is 6.92 Å². The highest BCUT2D eigenvalue weighted by molar-refractivity contribution is 7.92. The number of nitrogens with two attached hydrogens (primary N) is 1. The molecular formula is C8H11N3O2S2. The van der Waals surface area contributed by atoms with Crippen molar-refractivity contribution in [2.24, 2.45) is 5.73 Å². The fraction of sp³-hybridized carbons (Fsp3) is 0.250. The Kier molecular flexibility index (Phi) is 3.25. The molecule has 1 aromatic rings. The lowest BCUT2D eigenvalue weighted by Crippen LogP contribution is -2.17. The molecule has 82 valence electrons. The maximum atomic E-state index is 11.1. The van der Waals surface area contributed by atoms with E-state index in [0.29, 0.717) is 16.9 Å². The van der Waals surface area contributed by atoms with Gasteiger partial charge < -0.3 is 5.73 Å². The zero-order valence-corrected chi connectivity index (χ0v) is 9.95. The Balaban J connectivity index is 3.25. The van der Waals surface area contributed by atoms with Crippen molar-refractivity contribution in [3.8, 4) is 0 Å². The molecular weight excluding hydrogens is 234 g/mol. The lowest BCUT2D eigenvalue weighted by atomic mass is 10.2. The highest BCUT2D eigenvalue weighted by Crippen LogP contribution is 2.16. The molecule has 0 bridgehead atoms. The third kappa shape index (κ3) is 3.45. The molecule has 1 rings (SSSR count). The number of pyridine rings is 1. The molecule has 0 saturated heterocycles. The molecule has 3 N–H and O–H groups in total. The van der Waals surface area contributed by atoms with Gasteiger partial charge in [-0.25, -0.2) is 8.42 Å². The van der Waals surface area contributed by atoms with Crippen LogP contribution in [-0.2, 0) is 10.0 Å². The maximum Gasteiger partial charge on any atom is 0.229 e. The van der Waals surface area contributed by atoms with Crippen LogP contribution in [0.3, 0.4) is 0 Å². The van der Waals surface area contributed by atoms with E-state index in [1.54, 1.807) is 13.0 Å². The number of aryl methyl sites for hydroxylation is 1. The largest absolute Gasteiger partial charge is 0.389 e. The Morgan fingerprint density at radius 1 is 1.60 bits per heavy atom. The second-order valence-electron chi connectivity index (χ2n) is 3.11. The molecule has 1 aromatic heterocycles. The van der Waals surface area contributed by atoms with Crippen LogP contribution in [0.4, 0.5) is 5.69 Å². The summed E-state index contributed by atoms with van der Waals surface area (Å²) in [5.74, 6) is 0. The predicted molar refractivity (Wildman–Crippen MR) is 63.3 cm³/mol.